The van der Waals surface area contributed by atoms with Crippen LogP contribution in [0.1, 0.15) is 70.4 Å². The van der Waals surface area contributed by atoms with Crippen molar-refractivity contribution in [3.63, 3.8) is 0 Å². The number of hydrogen-bond acceptors (Lipinski definition) is 4. The zero-order chi connectivity index (χ0) is 22.2. The molecule has 7 heteroatoms. The van der Waals surface area contributed by atoms with E-state index in [0.29, 0.717) is 18.7 Å². The normalized spacial score (nSPS) is 20.9. The Morgan fingerprint density at radius 2 is 1.74 bits per heavy atom. The third kappa shape index (κ3) is 4.67. The molecule has 166 valence electrons. The Labute approximate surface area is 185 Å². The summed E-state index contributed by atoms with van der Waals surface area (Å²) in [6.07, 6.45) is 6.46. The van der Waals surface area contributed by atoms with Crippen molar-refractivity contribution in [1.29, 1.82) is 0 Å². The largest absolute Gasteiger partial charge is 0.332 e. The van der Waals surface area contributed by atoms with Crippen LogP contribution in [0.3, 0.4) is 0 Å². The third-order valence-electron chi connectivity index (χ3n) is 6.80. The van der Waals surface area contributed by atoms with E-state index < -0.39 is 10.0 Å². The Kier molecular flexibility index (Phi) is 6.17. The standard InChI is InChI=1S/C24H31N3O3S/c1-17-6-7-20(15-18(17)2)23-5-4-12-27(23)24(28)21-8-9-22(25-16-21)19-10-13-26(14-11-19)31(3,29)30/h6-9,15-16,19,23H,4-5,10-14H2,1-3H3/t23-/m1/s1. The van der Waals surface area contributed by atoms with Crippen LogP contribution in [0.2, 0.25) is 0 Å². The molecule has 2 saturated heterocycles. The lowest BCUT2D eigenvalue weighted by atomic mass is 9.94. The molecule has 1 atom stereocenters. The van der Waals surface area contributed by atoms with Gasteiger partial charge < -0.3 is 4.90 Å². The van der Waals surface area contributed by atoms with Crippen molar-refractivity contribution < 1.29 is 13.2 Å². The first-order valence-electron chi connectivity index (χ1n) is 11.0. The summed E-state index contributed by atoms with van der Waals surface area (Å²) in [4.78, 5) is 19.8. The van der Waals surface area contributed by atoms with E-state index >= 15 is 0 Å². The first-order chi connectivity index (χ1) is 14.7. The van der Waals surface area contributed by atoms with Crippen LogP contribution in [0.4, 0.5) is 0 Å². The van der Waals surface area contributed by atoms with Crippen LogP contribution in [0, 0.1) is 13.8 Å². The number of carbonyl (C=O) groups is 1. The van der Waals surface area contributed by atoms with E-state index in [1.807, 2.05) is 17.0 Å². The summed E-state index contributed by atoms with van der Waals surface area (Å²) in [7, 11) is -3.13. The fraction of sp³-hybridized carbons (Fsp3) is 0.500. The molecule has 0 radical (unpaired) electrons. The van der Waals surface area contributed by atoms with Crippen LogP contribution < -0.4 is 0 Å². The molecule has 2 aliphatic heterocycles. The molecule has 0 spiro atoms. The zero-order valence-electron chi connectivity index (χ0n) is 18.5. The van der Waals surface area contributed by atoms with E-state index in [1.165, 1.54) is 27.3 Å². The lowest BCUT2D eigenvalue weighted by Crippen LogP contribution is -2.37. The molecule has 31 heavy (non-hydrogen) atoms. The van der Waals surface area contributed by atoms with Gasteiger partial charge in [0.2, 0.25) is 10.0 Å². The molecular formula is C24H31N3O3S. The summed E-state index contributed by atoms with van der Waals surface area (Å²) in [5.41, 5.74) is 5.28. The van der Waals surface area contributed by atoms with Crippen molar-refractivity contribution in [2.45, 2.75) is 51.5 Å². The maximum absolute atomic E-state index is 13.2. The molecule has 2 aromatic rings. The molecule has 4 rings (SSSR count). The number of hydrogen-bond donors (Lipinski definition) is 0. The Hall–Kier alpha value is -2.25. The van der Waals surface area contributed by atoms with E-state index in [1.54, 1.807) is 6.20 Å². The van der Waals surface area contributed by atoms with E-state index in [2.05, 4.69) is 37.0 Å². The zero-order valence-corrected chi connectivity index (χ0v) is 19.4. The number of aromatic nitrogens is 1. The quantitative estimate of drug-likeness (QED) is 0.723. The number of pyridine rings is 1. The highest BCUT2D eigenvalue weighted by Gasteiger charge is 2.31. The van der Waals surface area contributed by atoms with Crippen LogP contribution in [0.15, 0.2) is 36.5 Å². The Morgan fingerprint density at radius 3 is 2.35 bits per heavy atom. The Balaban J connectivity index is 1.45. The van der Waals surface area contributed by atoms with Crippen LogP contribution in [-0.4, -0.2) is 54.4 Å². The maximum atomic E-state index is 13.2. The minimum absolute atomic E-state index is 0.0340. The number of amides is 1. The van der Waals surface area contributed by atoms with Gasteiger partial charge in [-0.05, 0) is 68.4 Å². The van der Waals surface area contributed by atoms with Gasteiger partial charge in [-0.15, -0.1) is 0 Å². The van der Waals surface area contributed by atoms with Crippen molar-refractivity contribution in [1.82, 2.24) is 14.2 Å². The van der Waals surface area contributed by atoms with E-state index in [-0.39, 0.29) is 17.9 Å². The number of likely N-dealkylation sites (tertiary alicyclic amines) is 1. The van der Waals surface area contributed by atoms with Gasteiger partial charge in [0.15, 0.2) is 0 Å². The Morgan fingerprint density at radius 1 is 1.00 bits per heavy atom. The van der Waals surface area contributed by atoms with Gasteiger partial charge in [0.05, 0.1) is 17.9 Å². The number of benzene rings is 1. The molecule has 0 N–H and O–H groups in total. The van der Waals surface area contributed by atoms with Gasteiger partial charge in [-0.25, -0.2) is 12.7 Å². The smallest absolute Gasteiger partial charge is 0.255 e. The number of aryl methyl sites for hydroxylation is 2. The van der Waals surface area contributed by atoms with Gasteiger partial charge in [0, 0.05) is 37.4 Å². The van der Waals surface area contributed by atoms with Crippen LogP contribution in [-0.2, 0) is 10.0 Å². The predicted octanol–water partition coefficient (Wildman–Crippen LogP) is 3.81. The summed E-state index contributed by atoms with van der Waals surface area (Å²) < 4.78 is 24.9. The van der Waals surface area contributed by atoms with Gasteiger partial charge in [0.25, 0.3) is 5.91 Å². The highest BCUT2D eigenvalue weighted by Crippen LogP contribution is 2.34. The summed E-state index contributed by atoms with van der Waals surface area (Å²) >= 11 is 0. The van der Waals surface area contributed by atoms with E-state index in [9.17, 15) is 13.2 Å². The third-order valence-corrected chi connectivity index (χ3v) is 8.11. The first-order valence-corrected chi connectivity index (χ1v) is 12.9. The highest BCUT2D eigenvalue weighted by atomic mass is 32.2. The predicted molar refractivity (Wildman–Crippen MR) is 122 cm³/mol. The van der Waals surface area contributed by atoms with E-state index in [4.69, 9.17) is 0 Å². The summed E-state index contributed by atoms with van der Waals surface area (Å²) in [5, 5.41) is 0. The lowest BCUT2D eigenvalue weighted by molar-refractivity contribution is 0.0735. The average molecular weight is 442 g/mol. The van der Waals surface area contributed by atoms with Crippen molar-refractivity contribution in [2.24, 2.45) is 0 Å². The monoisotopic (exact) mass is 441 g/mol. The number of nitrogens with zero attached hydrogens (tertiary/aromatic N) is 3. The second kappa shape index (κ2) is 8.71. The molecule has 0 saturated carbocycles. The van der Waals surface area contributed by atoms with Gasteiger partial charge in [0.1, 0.15) is 0 Å². The molecule has 0 unspecified atom stereocenters. The van der Waals surface area contributed by atoms with Crippen molar-refractivity contribution in [3.8, 4) is 0 Å². The fourth-order valence-electron chi connectivity index (χ4n) is 4.75. The fourth-order valence-corrected chi connectivity index (χ4v) is 5.62. The molecular weight excluding hydrogens is 410 g/mol. The molecule has 1 aromatic carbocycles. The minimum atomic E-state index is -3.13. The topological polar surface area (TPSA) is 70.6 Å². The first kappa shape index (κ1) is 22.0. The molecule has 6 nitrogen and oxygen atoms in total. The van der Waals surface area contributed by atoms with Crippen molar-refractivity contribution >= 4 is 15.9 Å². The highest BCUT2D eigenvalue weighted by molar-refractivity contribution is 7.88. The van der Waals surface area contributed by atoms with E-state index in [0.717, 1.165) is 37.9 Å². The summed E-state index contributed by atoms with van der Waals surface area (Å²) in [5.74, 6) is 0.267. The summed E-state index contributed by atoms with van der Waals surface area (Å²) in [6, 6.07) is 10.4. The second-order valence-electron chi connectivity index (χ2n) is 8.91. The van der Waals surface area contributed by atoms with Gasteiger partial charge >= 0.3 is 0 Å². The molecule has 3 heterocycles. The maximum Gasteiger partial charge on any atom is 0.255 e. The molecule has 2 fully saturated rings. The minimum Gasteiger partial charge on any atom is -0.332 e. The SMILES string of the molecule is Cc1ccc([C@H]2CCCN2C(=O)c2ccc(C3CCN(S(C)(=O)=O)CC3)nc2)cc1C. The van der Waals surface area contributed by atoms with Crippen LogP contribution >= 0.6 is 0 Å². The van der Waals surface area contributed by atoms with Gasteiger partial charge in [-0.1, -0.05) is 18.2 Å². The Bertz CT molecular complexity index is 1060. The molecule has 0 bridgehead atoms. The average Bonchev–Trinajstić information content (AvgIpc) is 3.25. The van der Waals surface area contributed by atoms with Gasteiger partial charge in [-0.2, -0.15) is 0 Å². The number of rotatable bonds is 4. The molecule has 1 amide bonds. The lowest BCUT2D eigenvalue weighted by Gasteiger charge is -2.30. The molecule has 0 aliphatic carbocycles. The van der Waals surface area contributed by atoms with Crippen LogP contribution in [0.5, 0.6) is 0 Å². The summed E-state index contributed by atoms with van der Waals surface area (Å²) in [6.45, 7) is 6.04. The van der Waals surface area contributed by atoms with Crippen LogP contribution in [0.25, 0.3) is 0 Å². The molecule has 2 aliphatic rings. The van der Waals surface area contributed by atoms with Crippen molar-refractivity contribution in [3.05, 3.63) is 64.5 Å². The number of sulfonamides is 1. The van der Waals surface area contributed by atoms with Gasteiger partial charge in [-0.3, -0.25) is 9.78 Å². The number of carbonyl (C=O) groups excluding carboxylic acids is 1. The van der Waals surface area contributed by atoms with Crippen molar-refractivity contribution in [2.75, 3.05) is 25.9 Å². The second-order valence-corrected chi connectivity index (χ2v) is 10.9. The number of piperidine rings is 1. The molecule has 1 aromatic heterocycles.